The van der Waals surface area contributed by atoms with Gasteiger partial charge in [0.25, 0.3) is 0 Å². The van der Waals surface area contributed by atoms with Crippen molar-refractivity contribution < 1.29 is 13.5 Å². The summed E-state index contributed by atoms with van der Waals surface area (Å²) in [5, 5.41) is 9.10. The fourth-order valence-electron chi connectivity index (χ4n) is 1.83. The third-order valence-corrected chi connectivity index (χ3v) is 4.40. The third-order valence-electron chi connectivity index (χ3n) is 2.96. The van der Waals surface area contributed by atoms with Gasteiger partial charge in [-0.1, -0.05) is 0 Å². The molecule has 17 heavy (non-hydrogen) atoms. The Morgan fingerprint density at radius 2 is 1.88 bits per heavy atom. The van der Waals surface area contributed by atoms with Crippen LogP contribution in [0.3, 0.4) is 0 Å². The highest BCUT2D eigenvalue weighted by atomic mass is 32.2. The van der Waals surface area contributed by atoms with Gasteiger partial charge in [0.1, 0.15) is 0 Å². The van der Waals surface area contributed by atoms with Crippen LogP contribution in [0.5, 0.6) is 0 Å². The SMILES string of the molecule is Nc1ccc(S(=O)(=O)NCC2CC(O)C2)cc1. The van der Waals surface area contributed by atoms with Gasteiger partial charge in [-0.25, -0.2) is 13.1 Å². The highest BCUT2D eigenvalue weighted by Crippen LogP contribution is 2.26. The molecule has 6 heteroatoms. The maximum atomic E-state index is 11.9. The lowest BCUT2D eigenvalue weighted by molar-refractivity contribution is 0.0453. The Bertz CT molecular complexity index is 478. The first-order valence-electron chi connectivity index (χ1n) is 5.50. The predicted molar refractivity (Wildman–Crippen MR) is 64.8 cm³/mol. The van der Waals surface area contributed by atoms with Gasteiger partial charge in [-0.05, 0) is 43.0 Å². The molecule has 1 aliphatic carbocycles. The van der Waals surface area contributed by atoms with Gasteiger partial charge in [-0.15, -0.1) is 0 Å². The highest BCUT2D eigenvalue weighted by Gasteiger charge is 2.28. The number of nitrogen functional groups attached to an aromatic ring is 1. The van der Waals surface area contributed by atoms with E-state index in [-0.39, 0.29) is 16.9 Å². The van der Waals surface area contributed by atoms with Crippen LogP contribution in [-0.4, -0.2) is 26.2 Å². The summed E-state index contributed by atoms with van der Waals surface area (Å²) in [7, 11) is -3.45. The van der Waals surface area contributed by atoms with Crippen molar-refractivity contribution >= 4 is 15.7 Å². The molecule has 0 saturated heterocycles. The maximum absolute atomic E-state index is 11.9. The van der Waals surface area contributed by atoms with E-state index in [4.69, 9.17) is 10.8 Å². The van der Waals surface area contributed by atoms with E-state index in [1.54, 1.807) is 12.1 Å². The summed E-state index contributed by atoms with van der Waals surface area (Å²) in [5.41, 5.74) is 6.03. The lowest BCUT2D eigenvalue weighted by Crippen LogP contribution is -2.38. The molecule has 1 saturated carbocycles. The molecule has 94 valence electrons. The van der Waals surface area contributed by atoms with Crippen LogP contribution in [0.15, 0.2) is 29.2 Å². The molecule has 1 fully saturated rings. The van der Waals surface area contributed by atoms with Crippen LogP contribution < -0.4 is 10.5 Å². The number of sulfonamides is 1. The van der Waals surface area contributed by atoms with Gasteiger partial charge in [0.2, 0.25) is 10.0 Å². The Morgan fingerprint density at radius 1 is 1.29 bits per heavy atom. The zero-order chi connectivity index (χ0) is 12.5. The quantitative estimate of drug-likeness (QED) is 0.676. The summed E-state index contributed by atoms with van der Waals surface area (Å²) >= 11 is 0. The minimum absolute atomic E-state index is 0.214. The zero-order valence-electron chi connectivity index (χ0n) is 9.33. The van der Waals surface area contributed by atoms with Crippen molar-refractivity contribution in [3.05, 3.63) is 24.3 Å². The number of anilines is 1. The molecule has 0 amide bonds. The van der Waals surface area contributed by atoms with Crippen molar-refractivity contribution in [3.63, 3.8) is 0 Å². The fraction of sp³-hybridized carbons (Fsp3) is 0.455. The molecule has 0 unspecified atom stereocenters. The van der Waals surface area contributed by atoms with Crippen molar-refractivity contribution in [3.8, 4) is 0 Å². The number of aliphatic hydroxyl groups is 1. The molecule has 0 bridgehead atoms. The molecule has 1 aliphatic rings. The maximum Gasteiger partial charge on any atom is 0.240 e. The molecule has 0 atom stereocenters. The van der Waals surface area contributed by atoms with E-state index >= 15 is 0 Å². The molecular formula is C11H16N2O3S. The van der Waals surface area contributed by atoms with Crippen molar-refractivity contribution in [2.24, 2.45) is 5.92 Å². The summed E-state index contributed by atoms with van der Waals surface area (Å²) in [4.78, 5) is 0.214. The molecule has 0 spiro atoms. The molecule has 0 aliphatic heterocycles. The molecule has 0 aromatic heterocycles. The Labute approximate surface area is 101 Å². The predicted octanol–water partition coefficient (Wildman–Crippen LogP) is 0.318. The number of aliphatic hydroxyl groups excluding tert-OH is 1. The number of hydrogen-bond donors (Lipinski definition) is 3. The van der Waals surface area contributed by atoms with Crippen LogP contribution in [0.25, 0.3) is 0 Å². The topological polar surface area (TPSA) is 92.4 Å². The average Bonchev–Trinajstić information content (AvgIpc) is 2.23. The monoisotopic (exact) mass is 256 g/mol. The van der Waals surface area contributed by atoms with Gasteiger partial charge in [-0.3, -0.25) is 0 Å². The second kappa shape index (κ2) is 4.64. The van der Waals surface area contributed by atoms with E-state index in [0.717, 1.165) is 0 Å². The van der Waals surface area contributed by atoms with Crippen LogP contribution >= 0.6 is 0 Å². The van der Waals surface area contributed by atoms with Gasteiger partial charge in [0, 0.05) is 12.2 Å². The third kappa shape index (κ3) is 2.96. The number of benzene rings is 1. The van der Waals surface area contributed by atoms with Gasteiger partial charge in [0.05, 0.1) is 11.0 Å². The number of nitrogens with two attached hydrogens (primary N) is 1. The van der Waals surface area contributed by atoms with Gasteiger partial charge < -0.3 is 10.8 Å². The van der Waals surface area contributed by atoms with Crippen LogP contribution in [-0.2, 0) is 10.0 Å². The second-order valence-electron chi connectivity index (χ2n) is 4.41. The molecule has 1 aromatic carbocycles. The first-order valence-corrected chi connectivity index (χ1v) is 6.99. The Kier molecular flexibility index (Phi) is 3.37. The number of nitrogens with one attached hydrogen (secondary N) is 1. The van der Waals surface area contributed by atoms with E-state index in [0.29, 0.717) is 25.1 Å². The van der Waals surface area contributed by atoms with Crippen LogP contribution in [0, 0.1) is 5.92 Å². The zero-order valence-corrected chi connectivity index (χ0v) is 10.2. The van der Waals surface area contributed by atoms with Crippen molar-refractivity contribution in [1.82, 2.24) is 4.72 Å². The van der Waals surface area contributed by atoms with Crippen molar-refractivity contribution in [1.29, 1.82) is 0 Å². The van der Waals surface area contributed by atoms with Crippen LogP contribution in [0.4, 0.5) is 5.69 Å². The van der Waals surface area contributed by atoms with Gasteiger partial charge in [0.15, 0.2) is 0 Å². The number of hydrogen-bond acceptors (Lipinski definition) is 4. The summed E-state index contributed by atoms with van der Waals surface area (Å²) in [5.74, 6) is 0.244. The Morgan fingerprint density at radius 3 is 2.41 bits per heavy atom. The molecule has 1 aromatic rings. The molecule has 0 radical (unpaired) electrons. The normalized spacial score (nSPS) is 24.3. The molecule has 5 nitrogen and oxygen atoms in total. The van der Waals surface area contributed by atoms with E-state index < -0.39 is 10.0 Å². The summed E-state index contributed by atoms with van der Waals surface area (Å²) in [6, 6.07) is 6.07. The standard InChI is InChI=1S/C11H16N2O3S/c12-9-1-3-11(4-2-9)17(15,16)13-7-8-5-10(14)6-8/h1-4,8,10,13-14H,5-7,12H2. The first kappa shape index (κ1) is 12.3. The molecular weight excluding hydrogens is 240 g/mol. The van der Waals surface area contributed by atoms with Gasteiger partial charge in [-0.2, -0.15) is 0 Å². The first-order chi connectivity index (χ1) is 7.97. The van der Waals surface area contributed by atoms with Crippen LogP contribution in [0.2, 0.25) is 0 Å². The van der Waals surface area contributed by atoms with Crippen molar-refractivity contribution in [2.75, 3.05) is 12.3 Å². The van der Waals surface area contributed by atoms with E-state index in [9.17, 15) is 8.42 Å². The largest absolute Gasteiger partial charge is 0.399 e. The molecule has 4 N–H and O–H groups in total. The minimum Gasteiger partial charge on any atom is -0.399 e. The van der Waals surface area contributed by atoms with Crippen LogP contribution in [0.1, 0.15) is 12.8 Å². The van der Waals surface area contributed by atoms with E-state index in [2.05, 4.69) is 4.72 Å². The van der Waals surface area contributed by atoms with E-state index in [1.807, 2.05) is 0 Å². The second-order valence-corrected chi connectivity index (χ2v) is 6.18. The summed E-state index contributed by atoms with van der Waals surface area (Å²) in [6.45, 7) is 0.379. The van der Waals surface area contributed by atoms with Crippen molar-refractivity contribution in [2.45, 2.75) is 23.8 Å². The highest BCUT2D eigenvalue weighted by molar-refractivity contribution is 7.89. The molecule has 0 heterocycles. The smallest absolute Gasteiger partial charge is 0.240 e. The summed E-state index contributed by atoms with van der Waals surface area (Å²) in [6.07, 6.45) is 1.08. The van der Waals surface area contributed by atoms with E-state index in [1.165, 1.54) is 12.1 Å². The Balaban J connectivity index is 1.96. The average molecular weight is 256 g/mol. The summed E-state index contributed by atoms with van der Waals surface area (Å²) < 4.78 is 26.2. The lowest BCUT2D eigenvalue weighted by Gasteiger charge is -2.31. The molecule has 2 rings (SSSR count). The lowest BCUT2D eigenvalue weighted by atomic mass is 9.83. The number of rotatable bonds is 4. The Hall–Kier alpha value is -1.11. The fourth-order valence-corrected chi connectivity index (χ4v) is 2.94. The van der Waals surface area contributed by atoms with Gasteiger partial charge >= 0.3 is 0 Å². The minimum atomic E-state index is -3.45.